The van der Waals surface area contributed by atoms with Gasteiger partial charge in [0.15, 0.2) is 5.76 Å². The average Bonchev–Trinajstić information content (AvgIpc) is 2.80. The molecule has 0 aliphatic heterocycles. The lowest BCUT2D eigenvalue weighted by molar-refractivity contribution is 0.0925. The van der Waals surface area contributed by atoms with Crippen molar-refractivity contribution < 1.29 is 9.21 Å². The minimum atomic E-state index is -0.197. The van der Waals surface area contributed by atoms with Gasteiger partial charge in [-0.2, -0.15) is 0 Å². The summed E-state index contributed by atoms with van der Waals surface area (Å²) < 4.78 is 5.39. The third kappa shape index (κ3) is 3.64. The number of benzene rings is 1. The minimum absolute atomic E-state index is 0.197. The largest absolute Gasteiger partial charge is 0.456 e. The molecule has 0 aliphatic rings. The first kappa shape index (κ1) is 14.7. The lowest BCUT2D eigenvalue weighted by atomic mass is 10.1. The van der Waals surface area contributed by atoms with Crippen LogP contribution in [0.5, 0.6) is 0 Å². The van der Waals surface area contributed by atoms with E-state index in [1.807, 2.05) is 6.07 Å². The Labute approximate surface area is 123 Å². The van der Waals surface area contributed by atoms with Crippen molar-refractivity contribution in [3.63, 3.8) is 0 Å². The number of carbonyl (C=O) groups excluding carboxylic acids is 1. The zero-order valence-electron chi connectivity index (χ0n) is 11.7. The van der Waals surface area contributed by atoms with Gasteiger partial charge in [-0.1, -0.05) is 29.8 Å². The van der Waals surface area contributed by atoms with Gasteiger partial charge in [-0.15, -0.1) is 11.6 Å². The van der Waals surface area contributed by atoms with E-state index in [1.165, 1.54) is 11.1 Å². The van der Waals surface area contributed by atoms with Crippen LogP contribution < -0.4 is 5.32 Å². The van der Waals surface area contributed by atoms with Crippen molar-refractivity contribution in [2.75, 3.05) is 6.54 Å². The maximum atomic E-state index is 11.9. The number of nitrogens with one attached hydrogen (secondary N) is 1. The Morgan fingerprint density at radius 3 is 2.75 bits per heavy atom. The monoisotopic (exact) mass is 291 g/mol. The van der Waals surface area contributed by atoms with Gasteiger partial charge in [0, 0.05) is 12.1 Å². The van der Waals surface area contributed by atoms with E-state index in [1.54, 1.807) is 13.0 Å². The fourth-order valence-electron chi connectivity index (χ4n) is 2.04. The summed E-state index contributed by atoms with van der Waals surface area (Å²) in [5, 5.41) is 2.86. The van der Waals surface area contributed by atoms with Crippen LogP contribution in [0.25, 0.3) is 0 Å². The summed E-state index contributed by atoms with van der Waals surface area (Å²) in [4.78, 5) is 11.9. The standard InChI is InChI=1S/C16H18ClNO2/c1-11-4-3-5-13(8-11)6-7-18-16(19)15-9-14(10-17)12(2)20-15/h3-5,8-9H,6-7,10H2,1-2H3,(H,18,19). The Balaban J connectivity index is 1.89. The molecule has 0 radical (unpaired) electrons. The summed E-state index contributed by atoms with van der Waals surface area (Å²) in [6, 6.07) is 9.96. The molecule has 0 aliphatic carbocycles. The van der Waals surface area contributed by atoms with Crippen LogP contribution in [0.3, 0.4) is 0 Å². The minimum Gasteiger partial charge on any atom is -0.456 e. The molecule has 1 aromatic heterocycles. The number of furan rings is 1. The molecule has 1 N–H and O–H groups in total. The van der Waals surface area contributed by atoms with Crippen molar-refractivity contribution >= 4 is 17.5 Å². The Bertz CT molecular complexity index is 604. The van der Waals surface area contributed by atoms with Crippen molar-refractivity contribution in [2.45, 2.75) is 26.1 Å². The normalized spacial score (nSPS) is 10.6. The Hall–Kier alpha value is -1.74. The van der Waals surface area contributed by atoms with Crippen LogP contribution >= 0.6 is 11.6 Å². The quantitative estimate of drug-likeness (QED) is 0.855. The van der Waals surface area contributed by atoms with Crippen molar-refractivity contribution in [2.24, 2.45) is 0 Å². The molecule has 0 spiro atoms. The van der Waals surface area contributed by atoms with Gasteiger partial charge < -0.3 is 9.73 Å². The van der Waals surface area contributed by atoms with Gasteiger partial charge in [0.1, 0.15) is 5.76 Å². The summed E-state index contributed by atoms with van der Waals surface area (Å²) in [7, 11) is 0. The summed E-state index contributed by atoms with van der Waals surface area (Å²) in [5.41, 5.74) is 3.29. The molecule has 106 valence electrons. The zero-order chi connectivity index (χ0) is 14.5. The van der Waals surface area contributed by atoms with Gasteiger partial charge in [0.2, 0.25) is 0 Å². The molecule has 2 aromatic rings. The third-order valence-corrected chi connectivity index (χ3v) is 3.46. The second kappa shape index (κ2) is 6.62. The van der Waals surface area contributed by atoms with E-state index < -0.39 is 0 Å². The number of hydrogen-bond acceptors (Lipinski definition) is 2. The van der Waals surface area contributed by atoms with Crippen LogP contribution in [-0.2, 0) is 12.3 Å². The molecule has 3 nitrogen and oxygen atoms in total. The zero-order valence-corrected chi connectivity index (χ0v) is 12.5. The Morgan fingerprint density at radius 2 is 2.10 bits per heavy atom. The first-order valence-electron chi connectivity index (χ1n) is 6.59. The van der Waals surface area contributed by atoms with Gasteiger partial charge in [-0.05, 0) is 31.9 Å². The number of halogens is 1. The van der Waals surface area contributed by atoms with Crippen LogP contribution in [0, 0.1) is 13.8 Å². The fraction of sp³-hybridized carbons (Fsp3) is 0.312. The van der Waals surface area contributed by atoms with Crippen LogP contribution in [-0.4, -0.2) is 12.5 Å². The van der Waals surface area contributed by atoms with Gasteiger partial charge >= 0.3 is 0 Å². The van der Waals surface area contributed by atoms with Gasteiger partial charge in [-0.25, -0.2) is 0 Å². The van der Waals surface area contributed by atoms with Gasteiger partial charge in [0.05, 0.1) is 5.88 Å². The van der Waals surface area contributed by atoms with Crippen molar-refractivity contribution in [3.8, 4) is 0 Å². The average molecular weight is 292 g/mol. The molecule has 0 bridgehead atoms. The predicted molar refractivity (Wildman–Crippen MR) is 80.2 cm³/mol. The van der Waals surface area contributed by atoms with E-state index in [9.17, 15) is 4.79 Å². The highest BCUT2D eigenvalue weighted by atomic mass is 35.5. The molecule has 0 fully saturated rings. The number of amides is 1. The lowest BCUT2D eigenvalue weighted by Gasteiger charge is -2.04. The SMILES string of the molecule is Cc1cccc(CCNC(=O)c2cc(CCl)c(C)o2)c1. The first-order valence-corrected chi connectivity index (χ1v) is 7.12. The van der Waals surface area contributed by atoms with E-state index in [0.29, 0.717) is 23.9 Å². The molecule has 20 heavy (non-hydrogen) atoms. The first-order chi connectivity index (χ1) is 9.60. The molecule has 0 unspecified atom stereocenters. The molecule has 0 atom stereocenters. The van der Waals surface area contributed by atoms with Crippen LogP contribution in [0.2, 0.25) is 0 Å². The number of alkyl halides is 1. The van der Waals surface area contributed by atoms with E-state index >= 15 is 0 Å². The number of hydrogen-bond donors (Lipinski definition) is 1. The van der Waals surface area contributed by atoms with Crippen molar-refractivity contribution in [1.82, 2.24) is 5.32 Å². The van der Waals surface area contributed by atoms with Crippen LogP contribution in [0.4, 0.5) is 0 Å². The van der Waals surface area contributed by atoms with Gasteiger partial charge in [-0.3, -0.25) is 4.79 Å². The number of carbonyl (C=O) groups is 1. The molecule has 0 saturated carbocycles. The molecule has 1 heterocycles. The fourth-order valence-corrected chi connectivity index (χ4v) is 2.30. The molecule has 1 amide bonds. The van der Waals surface area contributed by atoms with Gasteiger partial charge in [0.25, 0.3) is 5.91 Å². The highest BCUT2D eigenvalue weighted by molar-refractivity contribution is 6.17. The van der Waals surface area contributed by atoms with Crippen molar-refractivity contribution in [1.29, 1.82) is 0 Å². The molecule has 1 aromatic carbocycles. The number of rotatable bonds is 5. The molecular weight excluding hydrogens is 274 g/mol. The van der Waals surface area contributed by atoms with Crippen LogP contribution in [0.1, 0.15) is 33.0 Å². The van der Waals surface area contributed by atoms with E-state index in [2.05, 4.69) is 30.4 Å². The van der Waals surface area contributed by atoms with Crippen LogP contribution in [0.15, 0.2) is 34.7 Å². The predicted octanol–water partition coefficient (Wildman–Crippen LogP) is 3.61. The topological polar surface area (TPSA) is 42.2 Å². The highest BCUT2D eigenvalue weighted by Crippen LogP contribution is 2.16. The second-order valence-corrected chi connectivity index (χ2v) is 5.09. The molecule has 2 rings (SSSR count). The molecular formula is C16H18ClNO2. The second-order valence-electron chi connectivity index (χ2n) is 4.82. The van der Waals surface area contributed by atoms with E-state index in [0.717, 1.165) is 12.0 Å². The summed E-state index contributed by atoms with van der Waals surface area (Å²) in [6.07, 6.45) is 0.801. The van der Waals surface area contributed by atoms with E-state index in [-0.39, 0.29) is 5.91 Å². The maximum Gasteiger partial charge on any atom is 0.287 e. The smallest absolute Gasteiger partial charge is 0.287 e. The Morgan fingerprint density at radius 1 is 1.30 bits per heavy atom. The molecule has 4 heteroatoms. The maximum absolute atomic E-state index is 11.9. The highest BCUT2D eigenvalue weighted by Gasteiger charge is 2.13. The third-order valence-electron chi connectivity index (χ3n) is 3.17. The summed E-state index contributed by atoms with van der Waals surface area (Å²) in [5.74, 6) is 1.18. The Kier molecular flexibility index (Phi) is 4.85. The molecule has 0 saturated heterocycles. The van der Waals surface area contributed by atoms with Crippen molar-refractivity contribution in [3.05, 3.63) is 58.5 Å². The summed E-state index contributed by atoms with van der Waals surface area (Å²) in [6.45, 7) is 4.45. The lowest BCUT2D eigenvalue weighted by Crippen LogP contribution is -2.25. The van der Waals surface area contributed by atoms with E-state index in [4.69, 9.17) is 16.0 Å². The summed E-state index contributed by atoms with van der Waals surface area (Å²) >= 11 is 5.76. The number of aryl methyl sites for hydroxylation is 2.